The molecule has 1 fully saturated rings. The van der Waals surface area contributed by atoms with E-state index in [1.54, 1.807) is 0 Å². The van der Waals surface area contributed by atoms with E-state index >= 15 is 0 Å². The van der Waals surface area contributed by atoms with E-state index in [1.807, 2.05) is 32.9 Å². The Morgan fingerprint density at radius 1 is 1.40 bits per heavy atom. The Bertz CT molecular complexity index is 300. The fourth-order valence-corrected chi connectivity index (χ4v) is 2.46. The first-order chi connectivity index (χ1) is 6.88. The highest BCUT2D eigenvalue weighted by Gasteiger charge is 2.48. The lowest BCUT2D eigenvalue weighted by molar-refractivity contribution is -0.161. The summed E-state index contributed by atoms with van der Waals surface area (Å²) in [5.41, 5.74) is -0.437. The molecule has 4 atom stereocenters. The van der Waals surface area contributed by atoms with Gasteiger partial charge in [-0.15, -0.1) is 0 Å². The topological polar surface area (TPSA) is 46.5 Å². The summed E-state index contributed by atoms with van der Waals surface area (Å²) in [5.74, 6) is -0.176. The summed E-state index contributed by atoms with van der Waals surface area (Å²) >= 11 is 0. The minimum atomic E-state index is -0.437. The summed E-state index contributed by atoms with van der Waals surface area (Å²) in [6, 6.07) is 0. The molecule has 4 unspecified atom stereocenters. The molecule has 0 aromatic heterocycles. The van der Waals surface area contributed by atoms with Crippen LogP contribution < -0.4 is 0 Å². The van der Waals surface area contributed by atoms with Gasteiger partial charge >= 0.3 is 5.97 Å². The van der Waals surface area contributed by atoms with Crippen molar-refractivity contribution in [3.05, 3.63) is 12.2 Å². The van der Waals surface area contributed by atoms with Crippen LogP contribution in [0.25, 0.3) is 0 Å². The summed E-state index contributed by atoms with van der Waals surface area (Å²) in [6.45, 7) is 5.60. The van der Waals surface area contributed by atoms with Crippen LogP contribution in [0.1, 0.15) is 27.2 Å². The zero-order valence-electron chi connectivity index (χ0n) is 9.43. The van der Waals surface area contributed by atoms with Gasteiger partial charge in [0.05, 0.1) is 12.0 Å². The fraction of sp³-hybridized carbons (Fsp3) is 0.750. The molecular formula is C12H18O3. The van der Waals surface area contributed by atoms with Crippen LogP contribution in [-0.4, -0.2) is 22.8 Å². The summed E-state index contributed by atoms with van der Waals surface area (Å²) in [6.07, 6.45) is 4.32. The minimum Gasteiger partial charge on any atom is -0.460 e. The van der Waals surface area contributed by atoms with Gasteiger partial charge in [0.1, 0.15) is 5.60 Å². The lowest BCUT2D eigenvalue weighted by Gasteiger charge is -2.24. The van der Waals surface area contributed by atoms with E-state index in [-0.39, 0.29) is 29.8 Å². The molecule has 0 aromatic carbocycles. The van der Waals surface area contributed by atoms with Crippen LogP contribution in [0.3, 0.4) is 0 Å². The quantitative estimate of drug-likeness (QED) is 0.527. The number of ether oxygens (including phenoxy) is 1. The molecule has 84 valence electrons. The van der Waals surface area contributed by atoms with Gasteiger partial charge in [-0.3, -0.25) is 4.79 Å². The molecule has 1 saturated carbocycles. The molecule has 2 aliphatic rings. The molecule has 15 heavy (non-hydrogen) atoms. The standard InChI is InChI=1S/C12H18O3/c1-12(2,3)15-11(14)9-6-7-4-5-8(9)10(7)13/h4-5,7-10,13H,6H2,1-3H3. The SMILES string of the molecule is CC(C)(C)OC(=O)C1CC2C=CC1C2O. The van der Waals surface area contributed by atoms with Crippen molar-refractivity contribution in [1.29, 1.82) is 0 Å². The van der Waals surface area contributed by atoms with E-state index < -0.39 is 5.60 Å². The zero-order chi connectivity index (χ0) is 11.2. The first-order valence-corrected chi connectivity index (χ1v) is 5.48. The molecule has 1 N–H and O–H groups in total. The third-order valence-electron chi connectivity index (χ3n) is 3.11. The van der Waals surface area contributed by atoms with Gasteiger partial charge in [-0.2, -0.15) is 0 Å². The van der Waals surface area contributed by atoms with Gasteiger partial charge in [0, 0.05) is 11.8 Å². The first-order valence-electron chi connectivity index (χ1n) is 5.48. The Morgan fingerprint density at radius 3 is 2.47 bits per heavy atom. The maximum atomic E-state index is 11.8. The molecule has 2 aliphatic carbocycles. The summed E-state index contributed by atoms with van der Waals surface area (Å²) < 4.78 is 5.34. The maximum absolute atomic E-state index is 11.8. The van der Waals surface area contributed by atoms with Crippen molar-refractivity contribution >= 4 is 5.97 Å². The molecule has 2 rings (SSSR count). The van der Waals surface area contributed by atoms with Crippen LogP contribution in [0.4, 0.5) is 0 Å². The van der Waals surface area contributed by atoms with Crippen LogP contribution in [0.2, 0.25) is 0 Å². The van der Waals surface area contributed by atoms with Crippen LogP contribution in [0.15, 0.2) is 12.2 Å². The molecule has 0 aromatic rings. The van der Waals surface area contributed by atoms with Gasteiger partial charge in [-0.05, 0) is 27.2 Å². The molecule has 0 aliphatic heterocycles. The van der Waals surface area contributed by atoms with Gasteiger partial charge in [-0.25, -0.2) is 0 Å². The van der Waals surface area contributed by atoms with Crippen molar-refractivity contribution in [2.45, 2.75) is 38.9 Å². The Kier molecular flexibility index (Phi) is 2.38. The highest BCUT2D eigenvalue weighted by Crippen LogP contribution is 2.44. The molecule has 0 heterocycles. The molecule has 3 nitrogen and oxygen atoms in total. The highest BCUT2D eigenvalue weighted by atomic mass is 16.6. The summed E-state index contributed by atoms with van der Waals surface area (Å²) in [4.78, 5) is 11.8. The smallest absolute Gasteiger partial charge is 0.310 e. The number of rotatable bonds is 1. The Hall–Kier alpha value is -0.830. The van der Waals surface area contributed by atoms with Gasteiger partial charge in [0.25, 0.3) is 0 Å². The number of aliphatic hydroxyl groups excluding tert-OH is 1. The molecule has 0 spiro atoms. The molecule has 3 heteroatoms. The first kappa shape index (κ1) is 10.7. The number of fused-ring (bicyclic) bond motifs is 2. The number of carbonyl (C=O) groups is 1. The van der Waals surface area contributed by atoms with Crippen molar-refractivity contribution in [3.8, 4) is 0 Å². The Morgan fingerprint density at radius 2 is 2.07 bits per heavy atom. The summed E-state index contributed by atoms with van der Waals surface area (Å²) in [5, 5.41) is 9.78. The van der Waals surface area contributed by atoms with Gasteiger partial charge in [-0.1, -0.05) is 12.2 Å². The lowest BCUT2D eigenvalue weighted by atomic mass is 9.93. The van der Waals surface area contributed by atoms with Crippen LogP contribution in [-0.2, 0) is 9.53 Å². The van der Waals surface area contributed by atoms with E-state index in [0.717, 1.165) is 6.42 Å². The number of carbonyl (C=O) groups excluding carboxylic acids is 1. The van der Waals surface area contributed by atoms with Crippen molar-refractivity contribution in [2.24, 2.45) is 17.8 Å². The number of esters is 1. The Balaban J connectivity index is 2.02. The maximum Gasteiger partial charge on any atom is 0.310 e. The van der Waals surface area contributed by atoms with E-state index in [1.165, 1.54) is 0 Å². The molecular weight excluding hydrogens is 192 g/mol. The largest absolute Gasteiger partial charge is 0.460 e. The van der Waals surface area contributed by atoms with E-state index in [4.69, 9.17) is 4.74 Å². The average Bonchev–Trinajstić information content (AvgIpc) is 2.59. The number of aliphatic hydroxyl groups is 1. The predicted molar refractivity (Wildman–Crippen MR) is 56.1 cm³/mol. The van der Waals surface area contributed by atoms with E-state index in [0.29, 0.717) is 0 Å². The van der Waals surface area contributed by atoms with Gasteiger partial charge < -0.3 is 9.84 Å². The lowest BCUT2D eigenvalue weighted by Crippen LogP contribution is -2.31. The van der Waals surface area contributed by atoms with Gasteiger partial charge in [0.2, 0.25) is 0 Å². The van der Waals surface area contributed by atoms with Crippen molar-refractivity contribution < 1.29 is 14.6 Å². The van der Waals surface area contributed by atoms with Crippen LogP contribution in [0, 0.1) is 17.8 Å². The van der Waals surface area contributed by atoms with Crippen molar-refractivity contribution in [2.75, 3.05) is 0 Å². The normalized spacial score (nSPS) is 38.4. The van der Waals surface area contributed by atoms with Crippen molar-refractivity contribution in [1.82, 2.24) is 0 Å². The zero-order valence-corrected chi connectivity index (χ0v) is 9.43. The van der Waals surface area contributed by atoms with Gasteiger partial charge in [0.15, 0.2) is 0 Å². The second kappa shape index (κ2) is 3.34. The van der Waals surface area contributed by atoms with E-state index in [2.05, 4.69) is 0 Å². The summed E-state index contributed by atoms with van der Waals surface area (Å²) in [7, 11) is 0. The monoisotopic (exact) mass is 210 g/mol. The second-order valence-electron chi connectivity index (χ2n) is 5.49. The third kappa shape index (κ3) is 1.93. The number of hydrogen-bond acceptors (Lipinski definition) is 3. The Labute approximate surface area is 90.1 Å². The molecule has 0 amide bonds. The predicted octanol–water partition coefficient (Wildman–Crippen LogP) is 1.51. The minimum absolute atomic E-state index is 0.0233. The highest BCUT2D eigenvalue weighted by molar-refractivity contribution is 5.74. The molecule has 0 saturated heterocycles. The molecule has 0 radical (unpaired) electrons. The van der Waals surface area contributed by atoms with Crippen molar-refractivity contribution in [3.63, 3.8) is 0 Å². The van der Waals surface area contributed by atoms with Crippen LogP contribution in [0.5, 0.6) is 0 Å². The van der Waals surface area contributed by atoms with Crippen LogP contribution >= 0.6 is 0 Å². The third-order valence-corrected chi connectivity index (χ3v) is 3.11. The van der Waals surface area contributed by atoms with E-state index in [9.17, 15) is 9.90 Å². The second-order valence-corrected chi connectivity index (χ2v) is 5.49. The average molecular weight is 210 g/mol. The molecule has 2 bridgehead atoms. The fourth-order valence-electron chi connectivity index (χ4n) is 2.46. The number of hydrogen-bond donors (Lipinski definition) is 1.